The van der Waals surface area contributed by atoms with Gasteiger partial charge >= 0.3 is 0 Å². The lowest BCUT2D eigenvalue weighted by molar-refractivity contribution is -0.131. The van der Waals surface area contributed by atoms with Crippen LogP contribution >= 0.6 is 0 Å². The molecule has 0 aromatic heterocycles. The maximum absolute atomic E-state index is 14.3. The van der Waals surface area contributed by atoms with E-state index in [1.165, 1.54) is 30.3 Å². The Morgan fingerprint density at radius 2 is 1.85 bits per heavy atom. The fourth-order valence-corrected chi connectivity index (χ4v) is 3.07. The minimum atomic E-state index is -2.85. The summed E-state index contributed by atoms with van der Waals surface area (Å²) in [6, 6.07) is 7.96. The van der Waals surface area contributed by atoms with Crippen LogP contribution in [0.4, 0.5) is 23.2 Å². The second kappa shape index (κ2) is 7.38. The predicted molar refractivity (Wildman–Crippen MR) is 90.2 cm³/mol. The van der Waals surface area contributed by atoms with Crippen LogP contribution in [0.15, 0.2) is 48.5 Å². The van der Waals surface area contributed by atoms with E-state index in [0.717, 1.165) is 23.1 Å². The van der Waals surface area contributed by atoms with Gasteiger partial charge in [-0.25, -0.2) is 17.6 Å². The lowest BCUT2D eigenvalue weighted by Crippen LogP contribution is -2.53. The molecule has 0 radical (unpaired) electrons. The van der Waals surface area contributed by atoms with Crippen LogP contribution in [0.5, 0.6) is 0 Å². The maximum Gasteiger partial charge on any atom is 0.252 e. The van der Waals surface area contributed by atoms with Crippen molar-refractivity contribution in [3.8, 4) is 0 Å². The number of amides is 2. The van der Waals surface area contributed by atoms with E-state index >= 15 is 0 Å². The molecule has 0 unspecified atom stereocenters. The summed E-state index contributed by atoms with van der Waals surface area (Å²) in [5.41, 5.74) is -0.0928. The van der Waals surface area contributed by atoms with E-state index in [9.17, 15) is 27.2 Å². The number of hydrogen-bond acceptors (Lipinski definition) is 2. The number of alkyl halides is 2. The van der Waals surface area contributed by atoms with Crippen molar-refractivity contribution < 1.29 is 27.2 Å². The molecule has 0 bridgehead atoms. The zero-order chi connectivity index (χ0) is 19.6. The van der Waals surface area contributed by atoms with Crippen LogP contribution in [0.2, 0.25) is 0 Å². The van der Waals surface area contributed by atoms with Crippen molar-refractivity contribution in [3.63, 3.8) is 0 Å². The van der Waals surface area contributed by atoms with Gasteiger partial charge in [-0.1, -0.05) is 24.3 Å². The Morgan fingerprint density at radius 3 is 2.44 bits per heavy atom. The Morgan fingerprint density at radius 1 is 1.15 bits per heavy atom. The highest BCUT2D eigenvalue weighted by atomic mass is 19.3. The highest BCUT2D eigenvalue weighted by molar-refractivity contribution is 5.93. The third-order valence-electron chi connectivity index (χ3n) is 4.38. The fourth-order valence-electron chi connectivity index (χ4n) is 3.07. The quantitative estimate of drug-likeness (QED) is 0.615. The van der Waals surface area contributed by atoms with Gasteiger partial charge in [-0.2, -0.15) is 0 Å². The summed E-state index contributed by atoms with van der Waals surface area (Å²) in [5, 5.41) is 2.42. The number of nitrogens with zero attached hydrogens (tertiary/aromatic N) is 1. The first-order chi connectivity index (χ1) is 12.8. The molecule has 1 saturated carbocycles. The molecule has 27 heavy (non-hydrogen) atoms. The molecule has 1 N–H and O–H groups in total. The SMILES string of the molecule is O=CN(c1cccc(F)c1)[C@H](C(=O)NC1CC(F)(F)C1)c1ccccc1F. The van der Waals surface area contributed by atoms with Crippen LogP contribution in [0.25, 0.3) is 0 Å². The van der Waals surface area contributed by atoms with Crippen molar-refractivity contribution >= 4 is 18.0 Å². The first-order valence-electron chi connectivity index (χ1n) is 8.22. The number of anilines is 1. The number of carbonyl (C=O) groups is 2. The van der Waals surface area contributed by atoms with Crippen LogP contribution in [-0.2, 0) is 9.59 Å². The minimum absolute atomic E-state index is 0.0346. The number of benzene rings is 2. The normalized spacial score (nSPS) is 16.9. The summed E-state index contributed by atoms with van der Waals surface area (Å²) in [6.07, 6.45) is -0.769. The number of carbonyl (C=O) groups excluding carboxylic acids is 2. The highest BCUT2D eigenvalue weighted by Crippen LogP contribution is 2.38. The molecule has 2 aromatic carbocycles. The van der Waals surface area contributed by atoms with E-state index in [1.807, 2.05) is 0 Å². The van der Waals surface area contributed by atoms with Gasteiger partial charge in [0.25, 0.3) is 5.92 Å². The molecule has 8 heteroatoms. The lowest BCUT2D eigenvalue weighted by atomic mass is 9.87. The largest absolute Gasteiger partial charge is 0.351 e. The van der Waals surface area contributed by atoms with Gasteiger partial charge in [-0.05, 0) is 24.3 Å². The van der Waals surface area contributed by atoms with Crippen LogP contribution < -0.4 is 10.2 Å². The van der Waals surface area contributed by atoms with Crippen LogP contribution in [0.1, 0.15) is 24.4 Å². The average molecular weight is 380 g/mol. The van der Waals surface area contributed by atoms with Crippen molar-refractivity contribution in [1.82, 2.24) is 5.32 Å². The molecule has 2 amide bonds. The van der Waals surface area contributed by atoms with E-state index in [1.54, 1.807) is 0 Å². The van der Waals surface area contributed by atoms with Gasteiger partial charge < -0.3 is 5.32 Å². The van der Waals surface area contributed by atoms with Crippen LogP contribution in [0.3, 0.4) is 0 Å². The lowest BCUT2D eigenvalue weighted by Gasteiger charge is -2.37. The molecule has 4 nitrogen and oxygen atoms in total. The van der Waals surface area contributed by atoms with Gasteiger partial charge in [0.15, 0.2) is 0 Å². The summed E-state index contributed by atoms with van der Waals surface area (Å²) in [7, 11) is 0. The molecule has 142 valence electrons. The highest BCUT2D eigenvalue weighted by Gasteiger charge is 2.47. The third kappa shape index (κ3) is 4.10. The van der Waals surface area contributed by atoms with E-state index in [4.69, 9.17) is 0 Å². The maximum atomic E-state index is 14.3. The summed E-state index contributed by atoms with van der Waals surface area (Å²) < 4.78 is 54.0. The van der Waals surface area contributed by atoms with Crippen molar-refractivity contribution in [2.24, 2.45) is 0 Å². The van der Waals surface area contributed by atoms with Crippen LogP contribution in [-0.4, -0.2) is 24.3 Å². The van der Waals surface area contributed by atoms with Crippen molar-refractivity contribution in [3.05, 3.63) is 65.7 Å². The molecular weight excluding hydrogens is 364 g/mol. The second-order valence-electron chi connectivity index (χ2n) is 6.39. The number of nitrogens with one attached hydrogen (secondary N) is 1. The fraction of sp³-hybridized carbons (Fsp3) is 0.263. The number of halogens is 4. The summed E-state index contributed by atoms with van der Waals surface area (Å²) in [4.78, 5) is 25.3. The molecule has 1 aliphatic rings. The predicted octanol–water partition coefficient (Wildman–Crippen LogP) is 3.58. The Labute approximate surface area is 152 Å². The number of hydrogen-bond donors (Lipinski definition) is 1. The average Bonchev–Trinajstić information content (AvgIpc) is 2.58. The minimum Gasteiger partial charge on any atom is -0.351 e. The Balaban J connectivity index is 1.95. The van der Waals surface area contributed by atoms with E-state index in [2.05, 4.69) is 5.32 Å². The Kier molecular flexibility index (Phi) is 5.16. The summed E-state index contributed by atoms with van der Waals surface area (Å²) in [6.45, 7) is 0. The monoisotopic (exact) mass is 380 g/mol. The standard InChI is InChI=1S/C19H16F4N2O2/c20-12-4-3-5-14(8-12)25(11-26)17(15-6-1-2-7-16(15)21)18(27)24-13-9-19(22,23)10-13/h1-8,11,13,17H,9-10H2,(H,24,27)/t17-/m0/s1. The van der Waals surface area contributed by atoms with E-state index in [-0.39, 0.29) is 17.7 Å². The molecule has 0 saturated heterocycles. The van der Waals surface area contributed by atoms with Crippen LogP contribution in [0, 0.1) is 11.6 Å². The number of rotatable bonds is 6. The summed E-state index contributed by atoms with van der Waals surface area (Å²) >= 11 is 0. The topological polar surface area (TPSA) is 49.4 Å². The van der Waals surface area contributed by atoms with Gasteiger partial charge in [0, 0.05) is 30.1 Å². The van der Waals surface area contributed by atoms with E-state index in [0.29, 0.717) is 0 Å². The zero-order valence-corrected chi connectivity index (χ0v) is 14.0. The van der Waals surface area contributed by atoms with Gasteiger partial charge in [-0.15, -0.1) is 0 Å². The molecule has 0 heterocycles. The van der Waals surface area contributed by atoms with Crippen molar-refractivity contribution in [1.29, 1.82) is 0 Å². The second-order valence-corrected chi connectivity index (χ2v) is 6.39. The van der Waals surface area contributed by atoms with Gasteiger partial charge in [-0.3, -0.25) is 14.5 Å². The third-order valence-corrected chi connectivity index (χ3v) is 4.38. The Bertz CT molecular complexity index is 851. The van der Waals surface area contributed by atoms with Crippen molar-refractivity contribution in [2.45, 2.75) is 30.8 Å². The first kappa shape index (κ1) is 18.9. The van der Waals surface area contributed by atoms with Gasteiger partial charge in [0.2, 0.25) is 12.3 Å². The molecule has 3 rings (SSSR count). The Hall–Kier alpha value is -2.90. The molecule has 1 atom stereocenters. The molecule has 1 fully saturated rings. The van der Waals surface area contributed by atoms with Gasteiger partial charge in [0.05, 0.1) is 0 Å². The first-order valence-corrected chi connectivity index (χ1v) is 8.22. The van der Waals surface area contributed by atoms with Crippen molar-refractivity contribution in [2.75, 3.05) is 4.90 Å². The van der Waals surface area contributed by atoms with Gasteiger partial charge in [0.1, 0.15) is 17.7 Å². The molecule has 0 spiro atoms. The smallest absolute Gasteiger partial charge is 0.252 e. The summed E-state index contributed by atoms with van der Waals surface area (Å²) in [5.74, 6) is -5.07. The molecular formula is C19H16F4N2O2. The molecule has 2 aromatic rings. The zero-order valence-electron chi connectivity index (χ0n) is 14.0. The van der Waals surface area contributed by atoms with E-state index < -0.39 is 48.4 Å². The molecule has 1 aliphatic carbocycles. The molecule has 0 aliphatic heterocycles.